The van der Waals surface area contributed by atoms with Crippen LogP contribution in [0.5, 0.6) is 0 Å². The Labute approximate surface area is 113 Å². The predicted molar refractivity (Wildman–Crippen MR) is 75.8 cm³/mol. The van der Waals surface area contributed by atoms with Gasteiger partial charge in [0.1, 0.15) is 10.9 Å². The number of nitrogen functional groups attached to an aromatic ring is 1. The molecular formula is C12H11ClN2S2. The largest absolute Gasteiger partial charge is 0.397 e. The maximum atomic E-state index is 9.03. The van der Waals surface area contributed by atoms with E-state index in [2.05, 4.69) is 13.0 Å². The van der Waals surface area contributed by atoms with Gasteiger partial charge in [-0.3, -0.25) is 0 Å². The monoisotopic (exact) mass is 282 g/mol. The number of nitriles is 1. The molecule has 2 heterocycles. The lowest BCUT2D eigenvalue weighted by Gasteiger charge is -2.01. The van der Waals surface area contributed by atoms with Crippen LogP contribution in [0, 0.1) is 11.3 Å². The van der Waals surface area contributed by atoms with E-state index in [-0.39, 0.29) is 0 Å². The average molecular weight is 283 g/mol. The van der Waals surface area contributed by atoms with Gasteiger partial charge < -0.3 is 5.73 Å². The second-order valence-corrected chi connectivity index (χ2v) is 6.35. The summed E-state index contributed by atoms with van der Waals surface area (Å²) >= 11 is 8.93. The van der Waals surface area contributed by atoms with Crippen LogP contribution in [0.15, 0.2) is 12.1 Å². The Balaban J connectivity index is 2.57. The molecule has 2 N–H and O–H groups in total. The van der Waals surface area contributed by atoms with Gasteiger partial charge in [0.2, 0.25) is 0 Å². The quantitative estimate of drug-likeness (QED) is 0.899. The number of rotatable bonds is 3. The number of nitrogens with two attached hydrogens (primary N) is 1. The first kappa shape index (κ1) is 12.4. The Morgan fingerprint density at radius 1 is 1.41 bits per heavy atom. The highest BCUT2D eigenvalue weighted by Gasteiger charge is 2.17. The van der Waals surface area contributed by atoms with E-state index in [1.807, 2.05) is 12.1 Å². The Morgan fingerprint density at radius 3 is 2.71 bits per heavy atom. The van der Waals surface area contributed by atoms with Gasteiger partial charge in [-0.05, 0) is 24.1 Å². The lowest BCUT2D eigenvalue weighted by molar-refractivity contribution is 0.930. The van der Waals surface area contributed by atoms with Gasteiger partial charge in [-0.25, -0.2) is 0 Å². The molecule has 0 aliphatic rings. The fourth-order valence-electron chi connectivity index (χ4n) is 1.69. The molecule has 0 saturated heterocycles. The molecule has 0 aliphatic heterocycles. The number of hydrogen-bond donors (Lipinski definition) is 1. The summed E-state index contributed by atoms with van der Waals surface area (Å²) in [5.41, 5.74) is 7.73. The first-order chi connectivity index (χ1) is 8.17. The van der Waals surface area contributed by atoms with E-state index in [1.165, 1.54) is 22.7 Å². The SMILES string of the molecule is CCCc1c(-c2ccc(Cl)s2)sc(C#N)c1N. The van der Waals surface area contributed by atoms with E-state index in [0.29, 0.717) is 10.6 Å². The molecule has 0 spiro atoms. The van der Waals surface area contributed by atoms with Crippen molar-refractivity contribution in [1.29, 1.82) is 5.26 Å². The molecule has 17 heavy (non-hydrogen) atoms. The molecule has 2 aromatic heterocycles. The third-order valence-corrected chi connectivity index (χ3v) is 5.01. The summed E-state index contributed by atoms with van der Waals surface area (Å²) in [7, 11) is 0. The molecule has 0 bridgehead atoms. The molecule has 2 aromatic rings. The molecule has 5 heteroatoms. The summed E-state index contributed by atoms with van der Waals surface area (Å²) in [6, 6.07) is 6.02. The molecule has 2 nitrogen and oxygen atoms in total. The highest BCUT2D eigenvalue weighted by molar-refractivity contribution is 7.24. The molecule has 0 fully saturated rings. The van der Waals surface area contributed by atoms with Crippen LogP contribution in [-0.4, -0.2) is 0 Å². The Hall–Kier alpha value is -1.02. The number of thiophene rings is 2. The Bertz CT molecular complexity index is 578. The molecule has 0 amide bonds. The molecule has 0 aliphatic carbocycles. The van der Waals surface area contributed by atoms with Crippen molar-refractivity contribution in [3.05, 3.63) is 26.9 Å². The van der Waals surface area contributed by atoms with E-state index < -0.39 is 0 Å². The molecule has 88 valence electrons. The van der Waals surface area contributed by atoms with Crippen LogP contribution in [-0.2, 0) is 6.42 Å². The van der Waals surface area contributed by atoms with Gasteiger partial charge in [-0.15, -0.1) is 22.7 Å². The maximum Gasteiger partial charge on any atom is 0.128 e. The lowest BCUT2D eigenvalue weighted by Crippen LogP contribution is -1.92. The van der Waals surface area contributed by atoms with Crippen molar-refractivity contribution in [3.63, 3.8) is 0 Å². The van der Waals surface area contributed by atoms with E-state index in [0.717, 1.165) is 32.5 Å². The highest BCUT2D eigenvalue weighted by Crippen LogP contribution is 2.42. The van der Waals surface area contributed by atoms with E-state index >= 15 is 0 Å². The second-order valence-electron chi connectivity index (χ2n) is 3.62. The van der Waals surface area contributed by atoms with Gasteiger partial charge in [0.15, 0.2) is 0 Å². The lowest BCUT2D eigenvalue weighted by atomic mass is 10.1. The molecule has 0 unspecified atom stereocenters. The number of halogens is 1. The average Bonchev–Trinajstić information content (AvgIpc) is 2.85. The van der Waals surface area contributed by atoms with Crippen molar-refractivity contribution in [2.45, 2.75) is 19.8 Å². The summed E-state index contributed by atoms with van der Waals surface area (Å²) < 4.78 is 0.757. The van der Waals surface area contributed by atoms with Gasteiger partial charge in [0.25, 0.3) is 0 Å². The van der Waals surface area contributed by atoms with Crippen LogP contribution in [0.2, 0.25) is 4.34 Å². The number of nitrogens with zero attached hydrogens (tertiary/aromatic N) is 1. The van der Waals surface area contributed by atoms with Crippen molar-refractivity contribution in [2.75, 3.05) is 5.73 Å². The van der Waals surface area contributed by atoms with E-state index in [4.69, 9.17) is 22.6 Å². The van der Waals surface area contributed by atoms with Crippen molar-refractivity contribution >= 4 is 40.0 Å². The van der Waals surface area contributed by atoms with E-state index in [1.54, 1.807) is 0 Å². The van der Waals surface area contributed by atoms with Crippen molar-refractivity contribution in [3.8, 4) is 15.8 Å². The predicted octanol–water partition coefficient (Wildman–Crippen LogP) is 4.54. The minimum Gasteiger partial charge on any atom is -0.397 e. The van der Waals surface area contributed by atoms with Gasteiger partial charge in [0, 0.05) is 4.88 Å². The minimum atomic E-state index is 0.605. The smallest absolute Gasteiger partial charge is 0.128 e. The zero-order valence-corrected chi connectivity index (χ0v) is 11.7. The zero-order valence-electron chi connectivity index (χ0n) is 9.29. The molecule has 0 aromatic carbocycles. The molecule has 2 rings (SSSR count). The maximum absolute atomic E-state index is 9.03. The van der Waals surface area contributed by atoms with Gasteiger partial charge in [-0.2, -0.15) is 5.26 Å². The van der Waals surface area contributed by atoms with Crippen LogP contribution in [0.3, 0.4) is 0 Å². The van der Waals surface area contributed by atoms with Crippen molar-refractivity contribution in [1.82, 2.24) is 0 Å². The second kappa shape index (κ2) is 5.09. The summed E-state index contributed by atoms with van der Waals surface area (Å²) in [5, 5.41) is 9.03. The number of hydrogen-bond acceptors (Lipinski definition) is 4. The first-order valence-electron chi connectivity index (χ1n) is 5.24. The van der Waals surface area contributed by atoms with Crippen molar-refractivity contribution in [2.24, 2.45) is 0 Å². The third kappa shape index (κ3) is 2.32. The molecule has 0 radical (unpaired) electrons. The molecule has 0 saturated carbocycles. The fraction of sp³-hybridized carbons (Fsp3) is 0.250. The Kier molecular flexibility index (Phi) is 3.72. The Morgan fingerprint density at radius 2 is 2.18 bits per heavy atom. The summed E-state index contributed by atoms with van der Waals surface area (Å²) in [6.07, 6.45) is 1.91. The van der Waals surface area contributed by atoms with E-state index in [9.17, 15) is 0 Å². The third-order valence-electron chi connectivity index (χ3n) is 2.45. The van der Waals surface area contributed by atoms with Crippen molar-refractivity contribution < 1.29 is 0 Å². The summed E-state index contributed by atoms with van der Waals surface area (Å²) in [6.45, 7) is 2.11. The standard InChI is InChI=1S/C12H11ClN2S2/c1-2-3-7-11(15)9(6-14)17-12(7)8-4-5-10(13)16-8/h4-5H,2-3,15H2,1H3. The number of anilines is 1. The first-order valence-corrected chi connectivity index (χ1v) is 7.25. The highest BCUT2D eigenvalue weighted by atomic mass is 35.5. The van der Waals surface area contributed by atoms with Gasteiger partial charge in [-0.1, -0.05) is 24.9 Å². The topological polar surface area (TPSA) is 49.8 Å². The van der Waals surface area contributed by atoms with Gasteiger partial charge in [0.05, 0.1) is 14.9 Å². The molecule has 0 atom stereocenters. The fourth-order valence-corrected chi connectivity index (χ4v) is 3.94. The molecular weight excluding hydrogens is 272 g/mol. The van der Waals surface area contributed by atoms with Crippen LogP contribution in [0.4, 0.5) is 5.69 Å². The summed E-state index contributed by atoms with van der Waals surface area (Å²) in [5.74, 6) is 0. The van der Waals surface area contributed by atoms with Gasteiger partial charge >= 0.3 is 0 Å². The van der Waals surface area contributed by atoms with Crippen LogP contribution in [0.1, 0.15) is 23.8 Å². The van der Waals surface area contributed by atoms with Crippen LogP contribution >= 0.6 is 34.3 Å². The zero-order chi connectivity index (χ0) is 12.4. The minimum absolute atomic E-state index is 0.605. The normalized spacial score (nSPS) is 10.4. The van der Waals surface area contributed by atoms with Crippen LogP contribution < -0.4 is 5.73 Å². The summed E-state index contributed by atoms with van der Waals surface area (Å²) in [4.78, 5) is 2.79. The van der Waals surface area contributed by atoms with Crippen LogP contribution in [0.25, 0.3) is 9.75 Å².